The first-order chi connectivity index (χ1) is 12.1. The third-order valence-electron chi connectivity index (χ3n) is 4.11. The minimum Gasteiger partial charge on any atom is -0.349 e. The van der Waals surface area contributed by atoms with Crippen LogP contribution in [0.1, 0.15) is 34.1 Å². The zero-order chi connectivity index (χ0) is 17.6. The van der Waals surface area contributed by atoms with Crippen molar-refractivity contribution in [1.82, 2.24) is 14.9 Å². The summed E-state index contributed by atoms with van der Waals surface area (Å²) < 4.78 is 3.97. The Morgan fingerprint density at radius 2 is 1.84 bits per heavy atom. The number of nitrogens with zero attached hydrogens (tertiary/aromatic N) is 2. The van der Waals surface area contributed by atoms with Crippen LogP contribution in [0.5, 0.6) is 0 Å². The van der Waals surface area contributed by atoms with E-state index >= 15 is 0 Å². The average molecular weight is 351 g/mol. The van der Waals surface area contributed by atoms with E-state index in [-0.39, 0.29) is 11.9 Å². The van der Waals surface area contributed by atoms with Crippen molar-refractivity contribution in [3.63, 3.8) is 0 Å². The normalized spacial score (nSPS) is 11.9. The molecule has 3 rings (SSSR count). The summed E-state index contributed by atoms with van der Waals surface area (Å²) in [7, 11) is 0. The quantitative estimate of drug-likeness (QED) is 0.722. The molecule has 0 unspecified atom stereocenters. The summed E-state index contributed by atoms with van der Waals surface area (Å²) in [4.78, 5) is 13.2. The van der Waals surface area contributed by atoms with E-state index in [0.717, 1.165) is 29.9 Å². The van der Waals surface area contributed by atoms with Crippen LogP contribution in [0.3, 0.4) is 0 Å². The number of benzene rings is 2. The summed E-state index contributed by atoms with van der Waals surface area (Å²) >= 11 is 1.14. The zero-order valence-corrected chi connectivity index (χ0v) is 15.2. The molecule has 0 saturated heterocycles. The van der Waals surface area contributed by atoms with E-state index in [2.05, 4.69) is 27.0 Å². The maximum absolute atomic E-state index is 12.6. The maximum Gasteiger partial charge on any atom is 0.265 e. The Kier molecular flexibility index (Phi) is 5.56. The van der Waals surface area contributed by atoms with E-state index < -0.39 is 0 Å². The molecule has 1 amide bonds. The highest BCUT2D eigenvalue weighted by atomic mass is 32.1. The Balaban J connectivity index is 1.63. The molecule has 0 radical (unpaired) electrons. The molecule has 0 fully saturated rings. The molecule has 0 saturated carbocycles. The maximum atomic E-state index is 12.6. The number of aromatic nitrogens is 2. The number of nitrogens with one attached hydrogen (secondary N) is 1. The van der Waals surface area contributed by atoms with E-state index in [1.807, 2.05) is 56.3 Å². The summed E-state index contributed by atoms with van der Waals surface area (Å²) in [6, 6.07) is 18.4. The van der Waals surface area contributed by atoms with Crippen molar-refractivity contribution >= 4 is 17.4 Å². The summed E-state index contributed by atoms with van der Waals surface area (Å²) in [5.41, 5.74) is 4.02. The van der Waals surface area contributed by atoms with Gasteiger partial charge in [-0.05, 0) is 43.8 Å². The zero-order valence-electron chi connectivity index (χ0n) is 14.4. The number of hydrogen-bond acceptors (Lipinski definition) is 4. The van der Waals surface area contributed by atoms with Crippen LogP contribution in [0.25, 0.3) is 11.3 Å². The molecule has 1 N–H and O–H groups in total. The molecular weight excluding hydrogens is 330 g/mol. The number of carbonyl (C=O) groups excluding carboxylic acids is 1. The Morgan fingerprint density at radius 3 is 2.56 bits per heavy atom. The molecule has 3 aromatic rings. The van der Waals surface area contributed by atoms with Crippen LogP contribution in [0.15, 0.2) is 54.6 Å². The van der Waals surface area contributed by atoms with Crippen molar-refractivity contribution < 1.29 is 4.79 Å². The Labute approximate surface area is 152 Å². The highest BCUT2D eigenvalue weighted by Crippen LogP contribution is 2.24. The van der Waals surface area contributed by atoms with Crippen LogP contribution in [-0.4, -0.2) is 21.5 Å². The van der Waals surface area contributed by atoms with Gasteiger partial charge in [-0.1, -0.05) is 64.6 Å². The highest BCUT2D eigenvalue weighted by molar-refractivity contribution is 7.08. The van der Waals surface area contributed by atoms with Crippen molar-refractivity contribution in [3.05, 3.63) is 70.6 Å². The first-order valence-corrected chi connectivity index (χ1v) is 9.15. The highest BCUT2D eigenvalue weighted by Gasteiger charge is 2.19. The molecule has 0 aliphatic heterocycles. The van der Waals surface area contributed by atoms with Crippen LogP contribution in [0.4, 0.5) is 0 Å². The van der Waals surface area contributed by atoms with Gasteiger partial charge in [-0.2, -0.15) is 0 Å². The topological polar surface area (TPSA) is 54.9 Å². The molecule has 0 bridgehead atoms. The second-order valence-corrected chi connectivity index (χ2v) is 6.97. The second kappa shape index (κ2) is 8.03. The molecule has 5 heteroatoms. The number of rotatable bonds is 6. The van der Waals surface area contributed by atoms with Crippen LogP contribution in [-0.2, 0) is 6.42 Å². The Morgan fingerprint density at radius 1 is 1.12 bits per heavy atom. The molecule has 128 valence electrons. The van der Waals surface area contributed by atoms with E-state index in [1.165, 1.54) is 11.1 Å². The lowest BCUT2D eigenvalue weighted by molar-refractivity contribution is 0.0943. The van der Waals surface area contributed by atoms with Gasteiger partial charge in [-0.15, -0.1) is 5.10 Å². The molecule has 0 aliphatic rings. The summed E-state index contributed by atoms with van der Waals surface area (Å²) in [5.74, 6) is -0.105. The molecule has 2 aromatic carbocycles. The van der Waals surface area contributed by atoms with Crippen molar-refractivity contribution in [2.45, 2.75) is 32.7 Å². The molecule has 0 spiro atoms. The molecular formula is C20H21N3OS. The van der Waals surface area contributed by atoms with Gasteiger partial charge in [0.2, 0.25) is 0 Å². The first-order valence-electron chi connectivity index (χ1n) is 8.37. The summed E-state index contributed by atoms with van der Waals surface area (Å²) in [5, 5.41) is 7.21. The van der Waals surface area contributed by atoms with Gasteiger partial charge in [0.15, 0.2) is 0 Å². The third-order valence-corrected chi connectivity index (χ3v) is 4.83. The molecule has 1 atom stereocenters. The van der Waals surface area contributed by atoms with Crippen LogP contribution in [0, 0.1) is 6.92 Å². The first kappa shape index (κ1) is 17.3. The van der Waals surface area contributed by atoms with E-state index in [9.17, 15) is 4.79 Å². The SMILES string of the molecule is Cc1ccc(-c2nnsc2C(=O)N[C@@H](C)CCc2ccccc2)cc1. The number of aryl methyl sites for hydroxylation is 2. The van der Waals surface area contributed by atoms with Crippen molar-refractivity contribution in [2.24, 2.45) is 0 Å². The average Bonchev–Trinajstić information content (AvgIpc) is 3.11. The van der Waals surface area contributed by atoms with Gasteiger partial charge >= 0.3 is 0 Å². The Bertz CT molecular complexity index is 828. The largest absolute Gasteiger partial charge is 0.349 e. The standard InChI is InChI=1S/C20H21N3OS/c1-14-8-12-17(13-9-14)18-19(25-23-22-18)20(24)21-15(2)10-11-16-6-4-3-5-7-16/h3-9,12-13,15H,10-11H2,1-2H3,(H,21,24)/t15-/m0/s1. The molecule has 1 aromatic heterocycles. The third kappa shape index (κ3) is 4.51. The van der Waals surface area contributed by atoms with Crippen LogP contribution < -0.4 is 5.32 Å². The lowest BCUT2D eigenvalue weighted by atomic mass is 10.1. The van der Waals surface area contributed by atoms with E-state index in [1.54, 1.807) is 0 Å². The molecule has 25 heavy (non-hydrogen) atoms. The molecule has 0 aliphatic carbocycles. The van der Waals surface area contributed by atoms with Gasteiger partial charge in [0.1, 0.15) is 10.6 Å². The van der Waals surface area contributed by atoms with Crippen molar-refractivity contribution in [3.8, 4) is 11.3 Å². The minimum absolute atomic E-state index is 0.0840. The summed E-state index contributed by atoms with van der Waals surface area (Å²) in [6.45, 7) is 4.06. The smallest absolute Gasteiger partial charge is 0.265 e. The Hall–Kier alpha value is -2.53. The lowest BCUT2D eigenvalue weighted by Gasteiger charge is -2.13. The van der Waals surface area contributed by atoms with Crippen LogP contribution in [0.2, 0.25) is 0 Å². The fourth-order valence-corrected chi connectivity index (χ4v) is 3.22. The fraction of sp³-hybridized carbons (Fsp3) is 0.250. The minimum atomic E-state index is -0.105. The summed E-state index contributed by atoms with van der Waals surface area (Å²) in [6.07, 6.45) is 1.83. The van der Waals surface area contributed by atoms with Crippen LogP contribution >= 0.6 is 11.5 Å². The monoisotopic (exact) mass is 351 g/mol. The molecule has 4 nitrogen and oxygen atoms in total. The van der Waals surface area contributed by atoms with Gasteiger partial charge in [0.25, 0.3) is 5.91 Å². The van der Waals surface area contributed by atoms with Gasteiger partial charge in [0.05, 0.1) is 0 Å². The number of hydrogen-bond donors (Lipinski definition) is 1. The molecule has 1 heterocycles. The van der Waals surface area contributed by atoms with Gasteiger partial charge in [-0.3, -0.25) is 4.79 Å². The predicted octanol–water partition coefficient (Wildman–Crippen LogP) is 4.26. The van der Waals surface area contributed by atoms with Crippen molar-refractivity contribution in [1.29, 1.82) is 0 Å². The predicted molar refractivity (Wildman–Crippen MR) is 102 cm³/mol. The van der Waals surface area contributed by atoms with Crippen molar-refractivity contribution in [2.75, 3.05) is 0 Å². The number of amides is 1. The fourth-order valence-electron chi connectivity index (χ4n) is 2.63. The second-order valence-electron chi connectivity index (χ2n) is 6.22. The van der Waals surface area contributed by atoms with E-state index in [4.69, 9.17) is 0 Å². The van der Waals surface area contributed by atoms with E-state index in [0.29, 0.717) is 10.6 Å². The number of carbonyl (C=O) groups is 1. The van der Waals surface area contributed by atoms with Gasteiger partial charge < -0.3 is 5.32 Å². The van der Waals surface area contributed by atoms with Gasteiger partial charge in [0, 0.05) is 11.6 Å². The lowest BCUT2D eigenvalue weighted by Crippen LogP contribution is -2.32. The van der Waals surface area contributed by atoms with Gasteiger partial charge in [-0.25, -0.2) is 0 Å².